The molecule has 0 aromatic rings. The third-order valence-electron chi connectivity index (χ3n) is 0. The number of rotatable bonds is 0. The molecule has 0 bridgehead atoms. The summed E-state index contributed by atoms with van der Waals surface area (Å²) < 4.78 is 0. The van der Waals surface area contributed by atoms with Gasteiger partial charge >= 0.3 is 46.8 Å². The van der Waals surface area contributed by atoms with Crippen LogP contribution >= 0.6 is 0 Å². The van der Waals surface area contributed by atoms with Gasteiger partial charge in [0.05, 0.1) is 0 Å². The molecule has 0 aromatic heterocycles. The molecule has 0 aromatic carbocycles. The van der Waals surface area contributed by atoms with E-state index in [9.17, 15) is 0 Å². The fourth-order valence-electron chi connectivity index (χ4n) is 0. The van der Waals surface area contributed by atoms with Crippen LogP contribution < -0.4 is 0 Å². The molecule has 0 radical (unpaired) electrons. The van der Waals surface area contributed by atoms with Crippen molar-refractivity contribution in [2.24, 2.45) is 0 Å². The fraction of sp³-hybridized carbons (Fsp3) is 0. The molecule has 4 nitrogen and oxygen atoms in total. The molecule has 0 aliphatic carbocycles. The Morgan fingerprint density at radius 3 is 0.857 bits per heavy atom. The van der Waals surface area contributed by atoms with Crippen molar-refractivity contribution in [1.82, 2.24) is 0 Å². The topological polar surface area (TPSA) is 80.9 Å². The summed E-state index contributed by atoms with van der Waals surface area (Å²) in [6.45, 7) is 0. The van der Waals surface area contributed by atoms with Gasteiger partial charge in [-0.05, 0) is 0 Å². The summed E-state index contributed by atoms with van der Waals surface area (Å²) >= 11 is 0. The zero-order valence-electron chi connectivity index (χ0n) is 2.29. The average molecular weight is 168 g/mol. The van der Waals surface area contributed by atoms with Crippen molar-refractivity contribution in [3.8, 4) is 0 Å². The SMILES string of the molecule is O[Si](O)(O)O.[AlH3].[CaH2]. The predicted octanol–water partition coefficient (Wildman–Crippen LogP) is -4.71. The van der Waals surface area contributed by atoms with E-state index in [1.54, 1.807) is 0 Å². The molecule has 42 valence electrons. The average Bonchev–Trinajstić information content (AvgIpc) is 0.722. The summed E-state index contributed by atoms with van der Waals surface area (Å²) in [5, 5.41) is 0. The van der Waals surface area contributed by atoms with Crippen molar-refractivity contribution in [2.75, 3.05) is 0 Å². The zero-order valence-corrected chi connectivity index (χ0v) is 3.29. The Balaban J connectivity index is -0.0000000800. The third-order valence-corrected chi connectivity index (χ3v) is 0. The van der Waals surface area contributed by atoms with Crippen LogP contribution in [0.4, 0.5) is 0 Å². The summed E-state index contributed by atoms with van der Waals surface area (Å²) in [7, 11) is -4.61. The summed E-state index contributed by atoms with van der Waals surface area (Å²) in [5.74, 6) is 0. The molecule has 7 heavy (non-hydrogen) atoms. The minimum absolute atomic E-state index is 0. The molecule has 0 saturated heterocycles. The van der Waals surface area contributed by atoms with Crippen LogP contribution in [0.25, 0.3) is 0 Å². The second-order valence-corrected chi connectivity index (χ2v) is 1.80. The maximum absolute atomic E-state index is 7.33. The van der Waals surface area contributed by atoms with Gasteiger partial charge in [0.1, 0.15) is 0 Å². The van der Waals surface area contributed by atoms with Gasteiger partial charge in [-0.3, -0.25) is 0 Å². The van der Waals surface area contributed by atoms with E-state index in [4.69, 9.17) is 19.2 Å². The molecule has 0 aliphatic heterocycles. The molecule has 0 amide bonds. The molecule has 7 heteroatoms. The van der Waals surface area contributed by atoms with Crippen molar-refractivity contribution in [2.45, 2.75) is 0 Å². The van der Waals surface area contributed by atoms with Gasteiger partial charge in [-0.15, -0.1) is 0 Å². The summed E-state index contributed by atoms with van der Waals surface area (Å²) in [6, 6.07) is 0. The van der Waals surface area contributed by atoms with Crippen LogP contribution in [-0.4, -0.2) is 83.3 Å². The van der Waals surface area contributed by atoms with Crippen molar-refractivity contribution < 1.29 is 19.2 Å². The molecular formula is H9AlCaO4Si. The van der Waals surface area contributed by atoms with E-state index in [-0.39, 0.29) is 55.1 Å². The van der Waals surface area contributed by atoms with E-state index in [1.165, 1.54) is 0 Å². The molecule has 0 rings (SSSR count). The second-order valence-electron chi connectivity index (χ2n) is 0.600. The van der Waals surface area contributed by atoms with Gasteiger partial charge in [0.15, 0.2) is 17.4 Å². The molecule has 0 fully saturated rings. The molecule has 4 N–H and O–H groups in total. The Kier molecular flexibility index (Phi) is 13.6. The minimum atomic E-state index is -4.61. The quantitative estimate of drug-likeness (QED) is 0.274. The van der Waals surface area contributed by atoms with Gasteiger partial charge in [0.2, 0.25) is 0 Å². The van der Waals surface area contributed by atoms with E-state index in [0.29, 0.717) is 0 Å². The van der Waals surface area contributed by atoms with Gasteiger partial charge in [0.25, 0.3) is 0 Å². The van der Waals surface area contributed by atoms with Crippen LogP contribution in [0.2, 0.25) is 0 Å². The van der Waals surface area contributed by atoms with Gasteiger partial charge in [-0.2, -0.15) is 0 Å². The van der Waals surface area contributed by atoms with Crippen LogP contribution in [0.5, 0.6) is 0 Å². The van der Waals surface area contributed by atoms with E-state index in [1.807, 2.05) is 0 Å². The molecule has 0 unspecified atom stereocenters. The van der Waals surface area contributed by atoms with Gasteiger partial charge < -0.3 is 19.2 Å². The monoisotopic (exact) mass is 168 g/mol. The van der Waals surface area contributed by atoms with Crippen LogP contribution in [0.15, 0.2) is 0 Å². The maximum atomic E-state index is 7.33. The van der Waals surface area contributed by atoms with Gasteiger partial charge in [0, 0.05) is 0 Å². The van der Waals surface area contributed by atoms with E-state index >= 15 is 0 Å². The first-order chi connectivity index (χ1) is 2.00. The Morgan fingerprint density at radius 1 is 0.857 bits per heavy atom. The van der Waals surface area contributed by atoms with Crippen molar-refractivity contribution in [3.05, 3.63) is 0 Å². The predicted molar refractivity (Wildman–Crippen MR) is 33.1 cm³/mol. The van der Waals surface area contributed by atoms with Crippen LogP contribution in [0.3, 0.4) is 0 Å². The van der Waals surface area contributed by atoms with Gasteiger partial charge in [-0.1, -0.05) is 0 Å². The Bertz CT molecular complexity index is 27.2. The second kappa shape index (κ2) is 5.98. The zero-order chi connectivity index (χ0) is 4.50. The first-order valence-corrected chi connectivity index (χ1v) is 2.68. The first-order valence-electron chi connectivity index (χ1n) is 0.894. The standard InChI is InChI=1S/Al.Ca.H4O4Si.5H/c;;1-5(2,3)4;;;;;/h;;1-4H;;;;;. The Morgan fingerprint density at radius 2 is 0.857 bits per heavy atom. The number of hydrogen-bond acceptors (Lipinski definition) is 4. The van der Waals surface area contributed by atoms with Crippen LogP contribution in [0, 0.1) is 0 Å². The normalized spacial score (nSPS) is 8.57. The van der Waals surface area contributed by atoms with Crippen LogP contribution in [-0.2, 0) is 0 Å². The Hall–Kier alpha value is 1.85. The van der Waals surface area contributed by atoms with E-state index in [0.717, 1.165) is 0 Å². The molecule has 0 atom stereocenters. The van der Waals surface area contributed by atoms with Crippen LogP contribution in [0.1, 0.15) is 0 Å². The number of hydrogen-bond donors (Lipinski definition) is 4. The molecular weight excluding hydrogens is 159 g/mol. The van der Waals surface area contributed by atoms with Crippen molar-refractivity contribution >= 4 is 64.1 Å². The molecule has 0 spiro atoms. The fourth-order valence-corrected chi connectivity index (χ4v) is 0. The van der Waals surface area contributed by atoms with E-state index in [2.05, 4.69) is 0 Å². The molecule has 0 heterocycles. The third kappa shape index (κ3) is 78.5. The summed E-state index contributed by atoms with van der Waals surface area (Å²) in [4.78, 5) is 29.3. The van der Waals surface area contributed by atoms with Crippen molar-refractivity contribution in [1.29, 1.82) is 0 Å². The summed E-state index contributed by atoms with van der Waals surface area (Å²) in [5.41, 5.74) is 0. The Labute approximate surface area is 82.4 Å². The first kappa shape index (κ1) is 15.9. The molecule has 0 saturated carbocycles. The van der Waals surface area contributed by atoms with Gasteiger partial charge in [-0.25, -0.2) is 0 Å². The summed E-state index contributed by atoms with van der Waals surface area (Å²) in [6.07, 6.45) is 0. The van der Waals surface area contributed by atoms with E-state index < -0.39 is 9.05 Å². The van der Waals surface area contributed by atoms with Crippen molar-refractivity contribution in [3.63, 3.8) is 0 Å². The molecule has 0 aliphatic rings.